The van der Waals surface area contributed by atoms with Gasteiger partial charge in [0.2, 0.25) is 0 Å². The number of nitrogens with zero attached hydrogens (tertiary/aromatic N) is 3. The van der Waals surface area contributed by atoms with Crippen LogP contribution in [0.5, 0.6) is 0 Å². The number of aryl methyl sites for hydroxylation is 2. The zero-order valence-electron chi connectivity index (χ0n) is 16.9. The van der Waals surface area contributed by atoms with Gasteiger partial charge in [0.05, 0.1) is 24.6 Å². The van der Waals surface area contributed by atoms with Crippen molar-refractivity contribution in [2.24, 2.45) is 4.99 Å². The van der Waals surface area contributed by atoms with E-state index in [0.717, 1.165) is 22.3 Å². The van der Waals surface area contributed by atoms with Crippen LogP contribution < -0.4 is 5.56 Å². The van der Waals surface area contributed by atoms with Crippen LogP contribution >= 0.6 is 0 Å². The van der Waals surface area contributed by atoms with Crippen molar-refractivity contribution in [2.45, 2.75) is 27.3 Å². The minimum atomic E-state index is -0.603. The van der Waals surface area contributed by atoms with Gasteiger partial charge in [0.25, 0.3) is 5.56 Å². The maximum Gasteiger partial charge on any atom is 0.355 e. The lowest BCUT2D eigenvalue weighted by molar-refractivity contribution is 0.0515. The van der Waals surface area contributed by atoms with E-state index in [1.54, 1.807) is 23.6 Å². The zero-order valence-corrected chi connectivity index (χ0v) is 16.9. The van der Waals surface area contributed by atoms with Crippen molar-refractivity contribution < 1.29 is 13.9 Å². The summed E-state index contributed by atoms with van der Waals surface area (Å²) in [5.41, 5.74) is 4.35. The van der Waals surface area contributed by atoms with Gasteiger partial charge >= 0.3 is 5.97 Å². The number of carbonyl (C=O) groups is 1. The lowest BCUT2D eigenvalue weighted by atomic mass is 9.94. The van der Waals surface area contributed by atoms with Crippen molar-refractivity contribution in [3.63, 3.8) is 0 Å². The van der Waals surface area contributed by atoms with Crippen molar-refractivity contribution >= 4 is 11.7 Å². The number of aliphatic imine (C=N–C) groups is 1. The Morgan fingerprint density at radius 1 is 1.17 bits per heavy atom. The van der Waals surface area contributed by atoms with Crippen LogP contribution in [0.2, 0.25) is 0 Å². The lowest BCUT2D eigenvalue weighted by Crippen LogP contribution is -2.24. The van der Waals surface area contributed by atoms with Crippen LogP contribution in [0.25, 0.3) is 5.69 Å². The molecule has 0 fully saturated rings. The minimum absolute atomic E-state index is 0.0857. The quantitative estimate of drug-likeness (QED) is 0.625. The molecule has 30 heavy (non-hydrogen) atoms. The molecule has 0 saturated heterocycles. The standard InChI is InChI=1S/C23H20FN3O3/c1-4-30-23(29)18-11-20(28)26-19-12-25-22(15-5-7-16(24)8-6-15)21-14(3)9-13(2)10-17(21)27(18)19/h5-11H,4,12H2,1-3H3. The van der Waals surface area contributed by atoms with Gasteiger partial charge in [0.15, 0.2) is 0 Å². The molecule has 6 nitrogen and oxygen atoms in total. The molecule has 1 aliphatic heterocycles. The van der Waals surface area contributed by atoms with E-state index >= 15 is 0 Å². The van der Waals surface area contributed by atoms with E-state index in [1.807, 2.05) is 26.0 Å². The molecule has 2 heterocycles. The summed E-state index contributed by atoms with van der Waals surface area (Å²) in [5, 5.41) is 0. The van der Waals surface area contributed by atoms with Crippen molar-refractivity contribution in [3.8, 4) is 5.69 Å². The maximum atomic E-state index is 13.5. The molecular weight excluding hydrogens is 385 g/mol. The normalized spacial score (nSPS) is 12.5. The third-order valence-corrected chi connectivity index (χ3v) is 4.92. The number of rotatable bonds is 3. The number of esters is 1. The van der Waals surface area contributed by atoms with Crippen LogP contribution in [0.4, 0.5) is 4.39 Å². The predicted molar refractivity (Wildman–Crippen MR) is 111 cm³/mol. The van der Waals surface area contributed by atoms with Gasteiger partial charge in [-0.3, -0.25) is 14.4 Å². The zero-order chi connectivity index (χ0) is 21.4. The Morgan fingerprint density at radius 2 is 1.90 bits per heavy atom. The summed E-state index contributed by atoms with van der Waals surface area (Å²) in [6, 6.07) is 11.2. The van der Waals surface area contributed by atoms with Gasteiger partial charge < -0.3 is 4.74 Å². The van der Waals surface area contributed by atoms with E-state index in [-0.39, 0.29) is 24.7 Å². The van der Waals surface area contributed by atoms with Gasteiger partial charge in [-0.2, -0.15) is 4.98 Å². The fourth-order valence-electron chi connectivity index (χ4n) is 3.76. The Morgan fingerprint density at radius 3 is 2.60 bits per heavy atom. The molecule has 4 rings (SSSR count). The molecule has 2 aromatic carbocycles. The summed E-state index contributed by atoms with van der Waals surface area (Å²) in [6.45, 7) is 5.88. The molecule has 0 aliphatic carbocycles. The summed E-state index contributed by atoms with van der Waals surface area (Å²) < 4.78 is 20.3. The van der Waals surface area contributed by atoms with Crippen molar-refractivity contribution in [2.75, 3.05) is 6.61 Å². The van der Waals surface area contributed by atoms with Crippen LogP contribution in [0.15, 0.2) is 52.3 Å². The minimum Gasteiger partial charge on any atom is -0.461 e. The maximum absolute atomic E-state index is 13.5. The van der Waals surface area contributed by atoms with E-state index in [9.17, 15) is 14.0 Å². The fraction of sp³-hybridized carbons (Fsp3) is 0.217. The van der Waals surface area contributed by atoms with Crippen LogP contribution in [0.3, 0.4) is 0 Å². The largest absolute Gasteiger partial charge is 0.461 e. The highest BCUT2D eigenvalue weighted by molar-refractivity contribution is 6.16. The first kappa shape index (κ1) is 19.7. The van der Waals surface area contributed by atoms with Crippen LogP contribution in [-0.4, -0.2) is 27.8 Å². The fourth-order valence-corrected chi connectivity index (χ4v) is 3.76. The molecule has 0 radical (unpaired) electrons. The Balaban J connectivity index is 2.06. The second kappa shape index (κ2) is 7.67. The van der Waals surface area contributed by atoms with Crippen molar-refractivity contribution in [1.82, 2.24) is 9.55 Å². The third kappa shape index (κ3) is 3.43. The Hall–Kier alpha value is -3.61. The molecule has 3 aromatic rings. The second-order valence-corrected chi connectivity index (χ2v) is 7.10. The van der Waals surface area contributed by atoms with E-state index in [1.165, 1.54) is 18.2 Å². The Bertz CT molecular complexity index is 1240. The summed E-state index contributed by atoms with van der Waals surface area (Å²) in [7, 11) is 0. The number of aromatic nitrogens is 2. The van der Waals surface area contributed by atoms with Gasteiger partial charge in [-0.1, -0.05) is 6.07 Å². The number of benzene rings is 2. The molecule has 0 bridgehead atoms. The van der Waals surface area contributed by atoms with Gasteiger partial charge in [0, 0.05) is 17.2 Å². The lowest BCUT2D eigenvalue weighted by Gasteiger charge is -2.19. The number of hydrogen-bond acceptors (Lipinski definition) is 5. The molecule has 0 amide bonds. The molecule has 152 valence electrons. The predicted octanol–water partition coefficient (Wildman–Crippen LogP) is 3.52. The highest BCUT2D eigenvalue weighted by Crippen LogP contribution is 2.29. The smallest absolute Gasteiger partial charge is 0.355 e. The summed E-state index contributed by atoms with van der Waals surface area (Å²) >= 11 is 0. The highest BCUT2D eigenvalue weighted by atomic mass is 19.1. The highest BCUT2D eigenvalue weighted by Gasteiger charge is 2.26. The van der Waals surface area contributed by atoms with Gasteiger partial charge in [-0.05, 0) is 62.2 Å². The number of hydrogen-bond donors (Lipinski definition) is 0. The van der Waals surface area contributed by atoms with Crippen LogP contribution in [0, 0.1) is 19.7 Å². The van der Waals surface area contributed by atoms with Crippen LogP contribution in [-0.2, 0) is 11.3 Å². The molecule has 0 spiro atoms. The average Bonchev–Trinajstić information content (AvgIpc) is 2.85. The van der Waals surface area contributed by atoms with E-state index in [4.69, 9.17) is 9.73 Å². The van der Waals surface area contributed by atoms with Crippen LogP contribution in [0.1, 0.15) is 45.5 Å². The van der Waals surface area contributed by atoms with E-state index in [2.05, 4.69) is 4.98 Å². The van der Waals surface area contributed by atoms with Gasteiger partial charge in [0.1, 0.15) is 17.3 Å². The number of fused-ring (bicyclic) bond motifs is 3. The topological polar surface area (TPSA) is 73.6 Å². The van der Waals surface area contributed by atoms with Gasteiger partial charge in [-0.15, -0.1) is 0 Å². The molecule has 0 N–H and O–H groups in total. The monoisotopic (exact) mass is 405 g/mol. The molecule has 1 aromatic heterocycles. The van der Waals surface area contributed by atoms with Gasteiger partial charge in [-0.25, -0.2) is 9.18 Å². The number of halogens is 1. The molecule has 7 heteroatoms. The molecule has 0 atom stereocenters. The molecule has 0 saturated carbocycles. The second-order valence-electron chi connectivity index (χ2n) is 7.10. The molecular formula is C23H20FN3O3. The summed E-state index contributed by atoms with van der Waals surface area (Å²) in [6.07, 6.45) is 0. The SMILES string of the molecule is CCOC(=O)c1cc(=O)nc2n1-c1cc(C)cc(C)c1C(c1ccc(F)cc1)=NC2. The van der Waals surface area contributed by atoms with E-state index in [0.29, 0.717) is 17.2 Å². The first-order valence-electron chi connectivity index (χ1n) is 9.61. The molecule has 1 aliphatic rings. The third-order valence-electron chi connectivity index (χ3n) is 4.92. The number of carbonyl (C=O) groups excluding carboxylic acids is 1. The Kier molecular flexibility index (Phi) is 5.03. The summed E-state index contributed by atoms with van der Waals surface area (Å²) in [4.78, 5) is 33.7. The van der Waals surface area contributed by atoms with E-state index < -0.39 is 11.5 Å². The van der Waals surface area contributed by atoms with Crippen molar-refractivity contribution in [3.05, 3.63) is 92.4 Å². The Labute approximate surface area is 172 Å². The van der Waals surface area contributed by atoms with Crippen molar-refractivity contribution in [1.29, 1.82) is 0 Å². The first-order valence-corrected chi connectivity index (χ1v) is 9.61. The average molecular weight is 405 g/mol. The summed E-state index contributed by atoms with van der Waals surface area (Å²) in [5.74, 6) is -0.601. The number of ether oxygens (including phenoxy) is 1. The first-order chi connectivity index (χ1) is 14.4. The molecule has 0 unspecified atom stereocenters.